The molecular weight excluding hydrogens is 169 g/mol. The Balaban J connectivity index is 2.50. The van der Waals surface area contributed by atoms with Gasteiger partial charge >= 0.3 is 0 Å². The SMILES string of the molecule is COC(C)CNc1ccccc1F. The Hall–Kier alpha value is -1.09. The summed E-state index contributed by atoms with van der Waals surface area (Å²) in [6.07, 6.45) is 0.0830. The summed E-state index contributed by atoms with van der Waals surface area (Å²) in [7, 11) is 1.63. The van der Waals surface area contributed by atoms with E-state index in [1.165, 1.54) is 6.07 Å². The second-order valence-electron chi connectivity index (χ2n) is 2.91. The van der Waals surface area contributed by atoms with Crippen LogP contribution in [0.4, 0.5) is 10.1 Å². The average molecular weight is 183 g/mol. The molecule has 0 saturated heterocycles. The normalized spacial score (nSPS) is 12.5. The molecule has 1 N–H and O–H groups in total. The van der Waals surface area contributed by atoms with Gasteiger partial charge in [-0.2, -0.15) is 0 Å². The van der Waals surface area contributed by atoms with E-state index in [0.717, 1.165) is 0 Å². The maximum absolute atomic E-state index is 13.0. The van der Waals surface area contributed by atoms with Gasteiger partial charge in [-0.1, -0.05) is 12.1 Å². The quantitative estimate of drug-likeness (QED) is 0.773. The maximum atomic E-state index is 13.0. The molecule has 0 spiro atoms. The zero-order valence-corrected chi connectivity index (χ0v) is 7.88. The number of methoxy groups -OCH3 is 1. The van der Waals surface area contributed by atoms with Crippen LogP contribution in [0.25, 0.3) is 0 Å². The predicted octanol–water partition coefficient (Wildman–Crippen LogP) is 2.27. The molecule has 3 heteroatoms. The van der Waals surface area contributed by atoms with Crippen molar-refractivity contribution in [3.8, 4) is 0 Å². The lowest BCUT2D eigenvalue weighted by Crippen LogP contribution is -2.18. The molecule has 1 aromatic carbocycles. The maximum Gasteiger partial charge on any atom is 0.146 e. The third-order valence-corrected chi connectivity index (χ3v) is 1.86. The first-order chi connectivity index (χ1) is 6.24. The van der Waals surface area contributed by atoms with Gasteiger partial charge in [-0.05, 0) is 19.1 Å². The van der Waals surface area contributed by atoms with Crippen LogP contribution in [-0.4, -0.2) is 19.8 Å². The topological polar surface area (TPSA) is 21.3 Å². The summed E-state index contributed by atoms with van der Waals surface area (Å²) in [6.45, 7) is 2.53. The second-order valence-corrected chi connectivity index (χ2v) is 2.91. The van der Waals surface area contributed by atoms with Crippen molar-refractivity contribution < 1.29 is 9.13 Å². The Morgan fingerprint density at radius 3 is 2.77 bits per heavy atom. The van der Waals surface area contributed by atoms with Crippen LogP contribution in [0.2, 0.25) is 0 Å². The first-order valence-electron chi connectivity index (χ1n) is 4.25. The second kappa shape index (κ2) is 4.82. The molecule has 1 atom stereocenters. The summed E-state index contributed by atoms with van der Waals surface area (Å²) >= 11 is 0. The highest BCUT2D eigenvalue weighted by atomic mass is 19.1. The Kier molecular flexibility index (Phi) is 3.71. The molecule has 0 fully saturated rings. The standard InChI is InChI=1S/C10H14FNO/c1-8(13-2)7-12-10-6-4-3-5-9(10)11/h3-6,8,12H,7H2,1-2H3. The Bertz CT molecular complexity index is 265. The van der Waals surface area contributed by atoms with Crippen LogP contribution in [-0.2, 0) is 4.74 Å². The molecular formula is C10H14FNO. The lowest BCUT2D eigenvalue weighted by molar-refractivity contribution is 0.128. The van der Waals surface area contributed by atoms with Crippen LogP contribution >= 0.6 is 0 Å². The molecule has 1 unspecified atom stereocenters. The summed E-state index contributed by atoms with van der Waals surface area (Å²) in [5.74, 6) is -0.231. The number of benzene rings is 1. The highest BCUT2D eigenvalue weighted by molar-refractivity contribution is 5.44. The van der Waals surface area contributed by atoms with E-state index in [1.807, 2.05) is 6.92 Å². The molecule has 1 rings (SSSR count). The largest absolute Gasteiger partial charge is 0.380 e. The fourth-order valence-corrected chi connectivity index (χ4v) is 0.942. The number of hydrogen-bond acceptors (Lipinski definition) is 2. The molecule has 0 bridgehead atoms. The van der Waals surface area contributed by atoms with Crippen molar-refractivity contribution in [3.05, 3.63) is 30.1 Å². The molecule has 0 aromatic heterocycles. The van der Waals surface area contributed by atoms with E-state index in [1.54, 1.807) is 25.3 Å². The first kappa shape index (κ1) is 9.99. The minimum Gasteiger partial charge on any atom is -0.380 e. The van der Waals surface area contributed by atoms with Crippen LogP contribution in [0.3, 0.4) is 0 Å². The van der Waals surface area contributed by atoms with E-state index in [4.69, 9.17) is 4.74 Å². The third kappa shape index (κ3) is 3.03. The van der Waals surface area contributed by atoms with Crippen molar-refractivity contribution in [2.75, 3.05) is 19.0 Å². The molecule has 0 aliphatic heterocycles. The van der Waals surface area contributed by atoms with Gasteiger partial charge in [-0.15, -0.1) is 0 Å². The van der Waals surface area contributed by atoms with E-state index >= 15 is 0 Å². The van der Waals surface area contributed by atoms with Gasteiger partial charge in [0, 0.05) is 13.7 Å². The molecule has 13 heavy (non-hydrogen) atoms. The van der Waals surface area contributed by atoms with E-state index in [2.05, 4.69) is 5.32 Å². The van der Waals surface area contributed by atoms with E-state index in [0.29, 0.717) is 12.2 Å². The van der Waals surface area contributed by atoms with Crippen LogP contribution in [0.15, 0.2) is 24.3 Å². The van der Waals surface area contributed by atoms with Gasteiger partial charge in [0.15, 0.2) is 0 Å². The molecule has 0 aliphatic rings. The summed E-state index contributed by atoms with van der Waals surface area (Å²) in [4.78, 5) is 0. The van der Waals surface area contributed by atoms with Gasteiger partial charge in [0.05, 0.1) is 11.8 Å². The van der Waals surface area contributed by atoms with Crippen molar-refractivity contribution >= 4 is 5.69 Å². The summed E-state index contributed by atoms with van der Waals surface area (Å²) < 4.78 is 18.1. The molecule has 0 aliphatic carbocycles. The number of anilines is 1. The van der Waals surface area contributed by atoms with Gasteiger partial charge in [0.1, 0.15) is 5.82 Å². The third-order valence-electron chi connectivity index (χ3n) is 1.86. The highest BCUT2D eigenvalue weighted by Gasteiger charge is 2.02. The first-order valence-corrected chi connectivity index (χ1v) is 4.25. The van der Waals surface area contributed by atoms with Gasteiger partial charge in [0.2, 0.25) is 0 Å². The number of hydrogen-bond donors (Lipinski definition) is 1. The van der Waals surface area contributed by atoms with Crippen molar-refractivity contribution in [3.63, 3.8) is 0 Å². The molecule has 1 aromatic rings. The van der Waals surface area contributed by atoms with E-state index < -0.39 is 0 Å². The van der Waals surface area contributed by atoms with Crippen LogP contribution in [0.1, 0.15) is 6.92 Å². The van der Waals surface area contributed by atoms with Crippen molar-refractivity contribution in [2.24, 2.45) is 0 Å². The minimum atomic E-state index is -0.231. The van der Waals surface area contributed by atoms with E-state index in [-0.39, 0.29) is 11.9 Å². The molecule has 0 saturated carbocycles. The summed E-state index contributed by atoms with van der Waals surface area (Å²) in [6, 6.07) is 6.60. The number of nitrogens with one attached hydrogen (secondary N) is 1. The number of para-hydroxylation sites is 1. The van der Waals surface area contributed by atoms with Crippen molar-refractivity contribution in [1.29, 1.82) is 0 Å². The predicted molar refractivity (Wildman–Crippen MR) is 51.4 cm³/mol. The molecule has 0 heterocycles. The van der Waals surface area contributed by atoms with Crippen molar-refractivity contribution in [2.45, 2.75) is 13.0 Å². The summed E-state index contributed by atoms with van der Waals surface area (Å²) in [5, 5.41) is 2.96. The highest BCUT2D eigenvalue weighted by Crippen LogP contribution is 2.12. The van der Waals surface area contributed by atoms with Gasteiger partial charge < -0.3 is 10.1 Å². The minimum absolute atomic E-state index is 0.0830. The van der Waals surface area contributed by atoms with Crippen LogP contribution in [0, 0.1) is 5.82 Å². The zero-order chi connectivity index (χ0) is 9.68. The average Bonchev–Trinajstić information content (AvgIpc) is 2.16. The van der Waals surface area contributed by atoms with Crippen LogP contribution in [0.5, 0.6) is 0 Å². The number of halogens is 1. The molecule has 2 nitrogen and oxygen atoms in total. The van der Waals surface area contributed by atoms with Gasteiger partial charge in [-0.25, -0.2) is 4.39 Å². The monoisotopic (exact) mass is 183 g/mol. The lowest BCUT2D eigenvalue weighted by atomic mass is 10.3. The zero-order valence-electron chi connectivity index (χ0n) is 7.88. The summed E-state index contributed by atoms with van der Waals surface area (Å²) in [5.41, 5.74) is 0.520. The molecule has 0 amide bonds. The van der Waals surface area contributed by atoms with Gasteiger partial charge in [0.25, 0.3) is 0 Å². The van der Waals surface area contributed by atoms with Gasteiger partial charge in [-0.3, -0.25) is 0 Å². The Labute approximate surface area is 77.7 Å². The van der Waals surface area contributed by atoms with Crippen molar-refractivity contribution in [1.82, 2.24) is 0 Å². The molecule has 0 radical (unpaired) electrons. The van der Waals surface area contributed by atoms with E-state index in [9.17, 15) is 4.39 Å². The molecule has 72 valence electrons. The lowest BCUT2D eigenvalue weighted by Gasteiger charge is -2.11. The number of rotatable bonds is 4. The number of ether oxygens (including phenoxy) is 1. The Morgan fingerprint density at radius 1 is 1.46 bits per heavy atom. The van der Waals surface area contributed by atoms with Crippen LogP contribution < -0.4 is 5.32 Å². The fraction of sp³-hybridized carbons (Fsp3) is 0.400. The Morgan fingerprint density at radius 2 is 2.15 bits per heavy atom. The smallest absolute Gasteiger partial charge is 0.146 e. The fourth-order valence-electron chi connectivity index (χ4n) is 0.942.